The lowest BCUT2D eigenvalue weighted by atomic mass is 9.92. The zero-order chi connectivity index (χ0) is 19.6. The lowest BCUT2D eigenvalue weighted by Crippen LogP contribution is -2.41. The Morgan fingerprint density at radius 3 is 2.41 bits per heavy atom. The zero-order valence-electron chi connectivity index (χ0n) is 14.7. The summed E-state index contributed by atoms with van der Waals surface area (Å²) in [6.45, 7) is 3.15. The van der Waals surface area contributed by atoms with E-state index in [1.807, 2.05) is 0 Å². The third-order valence-corrected chi connectivity index (χ3v) is 4.30. The highest BCUT2D eigenvalue weighted by Gasteiger charge is 2.43. The second kappa shape index (κ2) is 6.94. The molecular weight excluding hydrogens is 352 g/mol. The van der Waals surface area contributed by atoms with Gasteiger partial charge in [0.2, 0.25) is 5.91 Å². The van der Waals surface area contributed by atoms with Gasteiger partial charge in [0.05, 0.1) is 11.8 Å². The molecule has 2 heterocycles. The Balaban J connectivity index is 1.62. The third-order valence-electron chi connectivity index (χ3n) is 4.30. The second-order valence-electron chi connectivity index (χ2n) is 6.31. The first kappa shape index (κ1) is 18.2. The van der Waals surface area contributed by atoms with E-state index in [0.29, 0.717) is 16.8 Å². The maximum atomic E-state index is 12.2. The van der Waals surface area contributed by atoms with Crippen molar-refractivity contribution in [1.82, 2.24) is 16.0 Å². The molecule has 0 radical (unpaired) electrons. The van der Waals surface area contributed by atoms with Crippen LogP contribution in [-0.4, -0.2) is 29.8 Å². The molecule has 1 aromatic carbocycles. The largest absolute Gasteiger partial charge is 0.472 e. The number of anilines is 1. The molecule has 1 fully saturated rings. The number of carbonyl (C=O) groups is 4. The number of hydrogen-bond donors (Lipinski definition) is 4. The van der Waals surface area contributed by atoms with Gasteiger partial charge in [-0.1, -0.05) is 12.1 Å². The van der Waals surface area contributed by atoms with Crippen LogP contribution in [0.5, 0.6) is 0 Å². The van der Waals surface area contributed by atoms with E-state index in [9.17, 15) is 19.2 Å². The molecule has 0 aliphatic carbocycles. The van der Waals surface area contributed by atoms with Gasteiger partial charge in [-0.05, 0) is 37.6 Å². The smallest absolute Gasteiger partial charge is 0.322 e. The van der Waals surface area contributed by atoms with Gasteiger partial charge >= 0.3 is 6.03 Å². The molecule has 2 atom stereocenters. The second-order valence-corrected chi connectivity index (χ2v) is 6.31. The van der Waals surface area contributed by atoms with Gasteiger partial charge in [0.25, 0.3) is 11.8 Å². The molecule has 140 valence electrons. The van der Waals surface area contributed by atoms with Crippen LogP contribution in [0.3, 0.4) is 0 Å². The summed E-state index contributed by atoms with van der Waals surface area (Å²) in [7, 11) is 0. The maximum Gasteiger partial charge on any atom is 0.322 e. The average molecular weight is 370 g/mol. The third kappa shape index (κ3) is 3.66. The summed E-state index contributed by atoms with van der Waals surface area (Å²) in [4.78, 5) is 47.5. The molecule has 0 unspecified atom stereocenters. The fourth-order valence-electron chi connectivity index (χ4n) is 2.62. The Hall–Kier alpha value is -3.62. The molecule has 1 aliphatic rings. The average Bonchev–Trinajstić information content (AvgIpc) is 3.24. The van der Waals surface area contributed by atoms with Gasteiger partial charge in [0, 0.05) is 5.69 Å². The quantitative estimate of drug-likeness (QED) is 0.586. The Bertz CT molecular complexity index is 891. The van der Waals surface area contributed by atoms with Gasteiger partial charge < -0.3 is 20.4 Å². The lowest BCUT2D eigenvalue weighted by molar-refractivity contribution is -0.123. The molecule has 5 amide bonds. The van der Waals surface area contributed by atoms with Gasteiger partial charge in [-0.25, -0.2) is 4.79 Å². The van der Waals surface area contributed by atoms with Crippen molar-refractivity contribution < 1.29 is 23.6 Å². The highest BCUT2D eigenvalue weighted by atomic mass is 16.3. The molecule has 4 N–H and O–H groups in total. The van der Waals surface area contributed by atoms with Crippen molar-refractivity contribution in [2.24, 2.45) is 0 Å². The number of carbonyl (C=O) groups excluding carboxylic acids is 4. The molecule has 1 aromatic heterocycles. The van der Waals surface area contributed by atoms with Crippen LogP contribution in [0.2, 0.25) is 0 Å². The van der Waals surface area contributed by atoms with Crippen molar-refractivity contribution in [2.75, 3.05) is 5.32 Å². The van der Waals surface area contributed by atoms with E-state index in [1.165, 1.54) is 18.6 Å². The van der Waals surface area contributed by atoms with Gasteiger partial charge in [0.1, 0.15) is 17.8 Å². The van der Waals surface area contributed by atoms with Crippen molar-refractivity contribution in [3.05, 3.63) is 54.0 Å². The molecule has 2 aromatic rings. The first-order valence-electron chi connectivity index (χ1n) is 8.17. The molecule has 3 rings (SSSR count). The van der Waals surface area contributed by atoms with Crippen molar-refractivity contribution in [2.45, 2.75) is 25.4 Å². The van der Waals surface area contributed by atoms with Crippen LogP contribution in [0.4, 0.5) is 10.5 Å². The van der Waals surface area contributed by atoms with Crippen LogP contribution in [0, 0.1) is 0 Å². The fourth-order valence-corrected chi connectivity index (χ4v) is 2.62. The molecule has 1 aliphatic heterocycles. The summed E-state index contributed by atoms with van der Waals surface area (Å²) in [5.41, 5.74) is 0.224. The van der Waals surface area contributed by atoms with Gasteiger partial charge in [0.15, 0.2) is 0 Å². The Labute approximate surface area is 154 Å². The van der Waals surface area contributed by atoms with Crippen LogP contribution in [0.25, 0.3) is 0 Å². The summed E-state index contributed by atoms with van der Waals surface area (Å²) in [6.07, 6.45) is 2.66. The first-order chi connectivity index (χ1) is 12.8. The first-order valence-corrected chi connectivity index (χ1v) is 8.17. The van der Waals surface area contributed by atoms with Crippen LogP contribution in [0.15, 0.2) is 47.3 Å². The summed E-state index contributed by atoms with van der Waals surface area (Å²) in [6, 6.07) is 6.66. The van der Waals surface area contributed by atoms with Gasteiger partial charge in [-0.3, -0.25) is 19.7 Å². The van der Waals surface area contributed by atoms with Crippen LogP contribution < -0.4 is 21.3 Å². The molecule has 0 bridgehead atoms. The Kier molecular flexibility index (Phi) is 4.68. The van der Waals surface area contributed by atoms with E-state index in [1.54, 1.807) is 38.1 Å². The summed E-state index contributed by atoms with van der Waals surface area (Å²) >= 11 is 0. The number of furan rings is 1. The molecular formula is C18H18N4O5. The highest BCUT2D eigenvalue weighted by molar-refractivity contribution is 6.07. The number of imide groups is 1. The van der Waals surface area contributed by atoms with E-state index in [0.717, 1.165) is 0 Å². The van der Waals surface area contributed by atoms with Crippen LogP contribution >= 0.6 is 0 Å². The molecule has 0 saturated carbocycles. The van der Waals surface area contributed by atoms with E-state index in [4.69, 9.17) is 4.42 Å². The number of amides is 5. The molecule has 9 heteroatoms. The van der Waals surface area contributed by atoms with E-state index < -0.39 is 35.3 Å². The summed E-state index contributed by atoms with van der Waals surface area (Å²) < 4.78 is 4.83. The summed E-state index contributed by atoms with van der Waals surface area (Å²) in [5, 5.41) is 10.0. The number of urea groups is 1. The minimum Gasteiger partial charge on any atom is -0.472 e. The molecule has 27 heavy (non-hydrogen) atoms. The zero-order valence-corrected chi connectivity index (χ0v) is 14.7. The van der Waals surface area contributed by atoms with Crippen molar-refractivity contribution in [3.63, 3.8) is 0 Å². The molecule has 1 saturated heterocycles. The minimum atomic E-state index is -1.16. The van der Waals surface area contributed by atoms with E-state index in [-0.39, 0.29) is 0 Å². The van der Waals surface area contributed by atoms with Gasteiger partial charge in [-0.15, -0.1) is 0 Å². The normalized spacial score (nSPS) is 19.8. The monoisotopic (exact) mass is 370 g/mol. The molecule has 9 nitrogen and oxygen atoms in total. The van der Waals surface area contributed by atoms with Crippen molar-refractivity contribution in [1.29, 1.82) is 0 Å². The number of rotatable bonds is 5. The standard InChI is InChI=1S/C18H18N4O5/c1-10(19-15(24)11-7-8-27-9-11)14(23)20-13-5-3-12(4-6-13)18(2)16(25)21-17(26)22-18/h3-10H,1-2H3,(H,19,24)(H,20,23)(H2,21,22,25,26)/t10-,18-/m0/s1. The van der Waals surface area contributed by atoms with Crippen LogP contribution in [0.1, 0.15) is 29.8 Å². The predicted octanol–water partition coefficient (Wildman–Crippen LogP) is 1.09. The maximum absolute atomic E-state index is 12.2. The SMILES string of the molecule is C[C@H](NC(=O)c1ccoc1)C(=O)Nc1ccc([C@]2(C)NC(=O)NC2=O)cc1. The minimum absolute atomic E-state index is 0.323. The summed E-state index contributed by atoms with van der Waals surface area (Å²) in [5.74, 6) is -1.27. The highest BCUT2D eigenvalue weighted by Crippen LogP contribution is 2.25. The Morgan fingerprint density at radius 2 is 1.85 bits per heavy atom. The number of hydrogen-bond acceptors (Lipinski definition) is 5. The number of nitrogens with one attached hydrogen (secondary N) is 4. The molecule has 0 spiro atoms. The van der Waals surface area contributed by atoms with E-state index in [2.05, 4.69) is 21.3 Å². The van der Waals surface area contributed by atoms with E-state index >= 15 is 0 Å². The number of benzene rings is 1. The fraction of sp³-hybridized carbons (Fsp3) is 0.222. The van der Waals surface area contributed by atoms with Gasteiger partial charge in [-0.2, -0.15) is 0 Å². The lowest BCUT2D eigenvalue weighted by Gasteiger charge is -2.21. The van der Waals surface area contributed by atoms with Crippen molar-refractivity contribution in [3.8, 4) is 0 Å². The topological polar surface area (TPSA) is 130 Å². The Morgan fingerprint density at radius 1 is 1.15 bits per heavy atom. The predicted molar refractivity (Wildman–Crippen MR) is 94.7 cm³/mol. The van der Waals surface area contributed by atoms with Crippen LogP contribution in [-0.2, 0) is 15.1 Å². The van der Waals surface area contributed by atoms with Crippen molar-refractivity contribution >= 4 is 29.4 Å².